The first-order valence-corrected chi connectivity index (χ1v) is 11.1. The minimum Gasteiger partial charge on any atom is -0.326 e. The van der Waals surface area contributed by atoms with Gasteiger partial charge in [0.1, 0.15) is 0 Å². The molecule has 0 spiro atoms. The van der Waals surface area contributed by atoms with Gasteiger partial charge in [0.2, 0.25) is 5.91 Å². The van der Waals surface area contributed by atoms with Crippen LogP contribution in [0.15, 0.2) is 41.3 Å². The number of rotatable bonds is 5. The molecule has 2 amide bonds. The Balaban J connectivity index is 1.74. The fourth-order valence-corrected chi connectivity index (χ4v) is 3.94. The van der Waals surface area contributed by atoms with Crippen molar-refractivity contribution in [3.05, 3.63) is 52.0 Å². The molecule has 0 radical (unpaired) electrons. The number of anilines is 2. The Kier molecular flexibility index (Phi) is 5.70. The molecule has 0 heterocycles. The largest absolute Gasteiger partial charge is 0.326 e. The molecule has 0 aromatic heterocycles. The highest BCUT2D eigenvalue weighted by atomic mass is 35.5. The van der Waals surface area contributed by atoms with E-state index in [4.69, 9.17) is 23.2 Å². The molecule has 1 fully saturated rings. The Bertz CT molecular complexity index is 1030. The highest BCUT2D eigenvalue weighted by molar-refractivity contribution is 7.90. The Morgan fingerprint density at radius 3 is 2.04 bits per heavy atom. The van der Waals surface area contributed by atoms with E-state index < -0.39 is 15.7 Å². The van der Waals surface area contributed by atoms with E-state index in [0.29, 0.717) is 11.6 Å². The second-order valence-corrected chi connectivity index (χ2v) is 9.70. The lowest BCUT2D eigenvalue weighted by atomic mass is 10.2. The monoisotopic (exact) mass is 440 g/mol. The smallest absolute Gasteiger partial charge is 0.255 e. The van der Waals surface area contributed by atoms with Gasteiger partial charge in [-0.15, -0.1) is 0 Å². The average molecular weight is 441 g/mol. The molecular formula is C19H18Cl2N2O4S. The normalized spacial score (nSPS) is 18.4. The first-order valence-electron chi connectivity index (χ1n) is 8.47. The van der Waals surface area contributed by atoms with Gasteiger partial charge in [-0.25, -0.2) is 8.42 Å². The highest BCUT2D eigenvalue weighted by Gasteiger charge is 2.39. The van der Waals surface area contributed by atoms with Crippen molar-refractivity contribution >= 4 is 56.2 Å². The van der Waals surface area contributed by atoms with Crippen LogP contribution >= 0.6 is 23.2 Å². The number of hydrogen-bond donors (Lipinski definition) is 2. The number of amides is 2. The van der Waals surface area contributed by atoms with Crippen LogP contribution in [0, 0.1) is 11.8 Å². The zero-order chi connectivity index (χ0) is 20.6. The van der Waals surface area contributed by atoms with Gasteiger partial charge in [-0.2, -0.15) is 0 Å². The van der Waals surface area contributed by atoms with E-state index >= 15 is 0 Å². The van der Waals surface area contributed by atoms with Crippen molar-refractivity contribution in [3.63, 3.8) is 0 Å². The molecule has 28 heavy (non-hydrogen) atoms. The van der Waals surface area contributed by atoms with Gasteiger partial charge in [-0.3, -0.25) is 9.59 Å². The van der Waals surface area contributed by atoms with Crippen LogP contribution in [0.4, 0.5) is 11.4 Å². The molecule has 2 aromatic carbocycles. The maximum atomic E-state index is 12.4. The van der Waals surface area contributed by atoms with Crippen molar-refractivity contribution < 1.29 is 18.0 Å². The molecule has 6 nitrogen and oxygen atoms in total. The van der Waals surface area contributed by atoms with Crippen LogP contribution in [-0.2, 0) is 14.6 Å². The fraction of sp³-hybridized carbons (Fsp3) is 0.263. The quantitative estimate of drug-likeness (QED) is 0.726. The molecule has 9 heteroatoms. The number of carbonyl (C=O) groups is 2. The Morgan fingerprint density at radius 1 is 1.04 bits per heavy atom. The Labute approximate surface area is 173 Å². The Morgan fingerprint density at radius 2 is 1.57 bits per heavy atom. The van der Waals surface area contributed by atoms with Gasteiger partial charge in [0.25, 0.3) is 5.91 Å². The topological polar surface area (TPSA) is 92.3 Å². The van der Waals surface area contributed by atoms with Crippen LogP contribution in [0.25, 0.3) is 0 Å². The summed E-state index contributed by atoms with van der Waals surface area (Å²) in [5.41, 5.74) is 0.910. The maximum absolute atomic E-state index is 12.4. The highest BCUT2D eigenvalue weighted by Crippen LogP contribution is 2.39. The molecule has 2 unspecified atom stereocenters. The molecule has 2 aromatic rings. The third kappa shape index (κ3) is 4.66. The van der Waals surface area contributed by atoms with Crippen molar-refractivity contribution in [3.8, 4) is 0 Å². The summed E-state index contributed by atoms with van der Waals surface area (Å²) < 4.78 is 23.0. The van der Waals surface area contributed by atoms with E-state index in [0.717, 1.165) is 12.7 Å². The summed E-state index contributed by atoms with van der Waals surface area (Å²) in [4.78, 5) is 24.6. The summed E-state index contributed by atoms with van der Waals surface area (Å²) >= 11 is 12.5. The van der Waals surface area contributed by atoms with Crippen molar-refractivity contribution in [1.82, 2.24) is 0 Å². The lowest BCUT2D eigenvalue weighted by Gasteiger charge is -2.12. The van der Waals surface area contributed by atoms with Gasteiger partial charge < -0.3 is 10.6 Å². The molecule has 2 atom stereocenters. The Hall–Kier alpha value is -2.09. The molecule has 1 aliphatic rings. The van der Waals surface area contributed by atoms with Gasteiger partial charge in [0.05, 0.1) is 20.6 Å². The molecule has 2 N–H and O–H groups in total. The van der Waals surface area contributed by atoms with E-state index in [1.165, 1.54) is 36.4 Å². The van der Waals surface area contributed by atoms with Gasteiger partial charge >= 0.3 is 0 Å². The fourth-order valence-electron chi connectivity index (χ4n) is 2.73. The number of halogens is 2. The molecule has 0 aliphatic heterocycles. The molecular weight excluding hydrogens is 423 g/mol. The molecule has 148 valence electrons. The van der Waals surface area contributed by atoms with Gasteiger partial charge in [0.15, 0.2) is 9.84 Å². The van der Waals surface area contributed by atoms with E-state index in [9.17, 15) is 18.0 Å². The first kappa shape index (κ1) is 20.6. The predicted octanol–water partition coefficient (Wildman–Crippen LogP) is 4.24. The lowest BCUT2D eigenvalue weighted by Crippen LogP contribution is -2.15. The number of nitrogens with one attached hydrogen (secondary N) is 2. The minimum absolute atomic E-state index is 0.00633. The van der Waals surface area contributed by atoms with E-state index in [1.54, 1.807) is 0 Å². The van der Waals surface area contributed by atoms with E-state index in [1.807, 2.05) is 6.92 Å². The zero-order valence-corrected chi connectivity index (χ0v) is 17.5. The average Bonchev–Trinajstić information content (AvgIpc) is 3.34. The van der Waals surface area contributed by atoms with Crippen LogP contribution in [0.3, 0.4) is 0 Å². The van der Waals surface area contributed by atoms with Crippen molar-refractivity contribution in [2.75, 3.05) is 16.9 Å². The van der Waals surface area contributed by atoms with Crippen molar-refractivity contribution in [1.29, 1.82) is 0 Å². The molecule has 0 saturated heterocycles. The lowest BCUT2D eigenvalue weighted by molar-refractivity contribution is -0.117. The predicted molar refractivity (Wildman–Crippen MR) is 110 cm³/mol. The van der Waals surface area contributed by atoms with Gasteiger partial charge in [0, 0.05) is 23.4 Å². The second kappa shape index (κ2) is 7.73. The van der Waals surface area contributed by atoms with Crippen LogP contribution < -0.4 is 10.6 Å². The van der Waals surface area contributed by atoms with Crippen molar-refractivity contribution in [2.45, 2.75) is 18.2 Å². The number of carbonyl (C=O) groups excluding carboxylic acids is 2. The van der Waals surface area contributed by atoms with Crippen molar-refractivity contribution in [2.24, 2.45) is 11.8 Å². The molecule has 3 rings (SSSR count). The summed E-state index contributed by atoms with van der Waals surface area (Å²) in [5.74, 6) is -0.194. The molecule has 0 bridgehead atoms. The standard InChI is InChI=1S/C19H18Cl2N2O4S/c1-10-7-14(10)19(25)22-12-8-15(20)17(16(21)9-12)23-18(24)11-3-5-13(6-4-11)28(2,26)27/h3-6,8-10,14H,7H2,1-2H3,(H,22,25)(H,23,24). The molecule has 1 aliphatic carbocycles. The second-order valence-electron chi connectivity index (χ2n) is 6.87. The third-order valence-electron chi connectivity index (χ3n) is 4.54. The summed E-state index contributed by atoms with van der Waals surface area (Å²) in [5, 5.41) is 5.73. The molecule has 1 saturated carbocycles. The third-order valence-corrected chi connectivity index (χ3v) is 6.26. The summed E-state index contributed by atoms with van der Waals surface area (Å²) in [7, 11) is -3.35. The summed E-state index contributed by atoms with van der Waals surface area (Å²) in [6.07, 6.45) is 1.95. The number of hydrogen-bond acceptors (Lipinski definition) is 4. The van der Waals surface area contributed by atoms with Crippen LogP contribution in [0.5, 0.6) is 0 Å². The van der Waals surface area contributed by atoms with Crippen LogP contribution in [0.1, 0.15) is 23.7 Å². The van der Waals surface area contributed by atoms with Crippen LogP contribution in [0.2, 0.25) is 10.0 Å². The number of benzene rings is 2. The summed E-state index contributed by atoms with van der Waals surface area (Å²) in [6.45, 7) is 2.01. The van der Waals surface area contributed by atoms with Gasteiger partial charge in [-0.1, -0.05) is 30.1 Å². The maximum Gasteiger partial charge on any atom is 0.255 e. The van der Waals surface area contributed by atoms with Crippen LogP contribution in [-0.4, -0.2) is 26.5 Å². The SMILES string of the molecule is CC1CC1C(=O)Nc1cc(Cl)c(NC(=O)c2ccc(S(C)(=O)=O)cc2)c(Cl)c1. The minimum atomic E-state index is -3.35. The van der Waals surface area contributed by atoms with E-state index in [-0.39, 0.29) is 38.0 Å². The van der Waals surface area contributed by atoms with E-state index in [2.05, 4.69) is 10.6 Å². The zero-order valence-electron chi connectivity index (χ0n) is 15.1. The van der Waals surface area contributed by atoms with Gasteiger partial charge in [-0.05, 0) is 48.7 Å². The summed E-state index contributed by atoms with van der Waals surface area (Å²) in [6, 6.07) is 8.54. The number of sulfone groups is 1. The first-order chi connectivity index (χ1) is 13.1.